The van der Waals surface area contributed by atoms with Crippen molar-refractivity contribution >= 4 is 45.2 Å². The number of furan rings is 1. The Morgan fingerprint density at radius 1 is 0.537 bits per heavy atom. The van der Waals surface area contributed by atoms with Crippen LogP contribution in [-0.4, -0.2) is 4.98 Å². The van der Waals surface area contributed by atoms with Gasteiger partial charge in [-0.05, 0) is 88.8 Å². The largest absolute Gasteiger partial charge is 0.456 e. The van der Waals surface area contributed by atoms with Gasteiger partial charge in [-0.25, -0.2) is 4.98 Å². The molecule has 0 atom stereocenters. The third-order valence-corrected chi connectivity index (χ3v) is 9.88. The topological polar surface area (TPSA) is 42.4 Å². The summed E-state index contributed by atoms with van der Waals surface area (Å²) >= 11 is 0. The van der Waals surface area contributed by atoms with Gasteiger partial charge in [0.25, 0.3) is 0 Å². The summed E-state index contributed by atoms with van der Waals surface area (Å²) in [5, 5.41) is 1.90. The zero-order valence-corrected chi connectivity index (χ0v) is 29.8. The lowest BCUT2D eigenvalue weighted by Gasteiger charge is -2.27. The smallest absolute Gasteiger partial charge is 0.227 e. The summed E-state index contributed by atoms with van der Waals surface area (Å²) in [4.78, 5) is 7.23. The third-order valence-electron chi connectivity index (χ3n) is 9.88. The Kier molecular flexibility index (Phi) is 8.54. The minimum absolute atomic E-state index is 0.575. The number of hydrogen-bond acceptors (Lipinski definition) is 4. The number of nitrogens with zero attached hydrogens (tertiary/aromatic N) is 2. The molecular formula is C50H36N2O2. The maximum atomic E-state index is 6.59. The molecule has 0 unspecified atom stereocenters. The lowest BCUT2D eigenvalue weighted by atomic mass is 9.93. The van der Waals surface area contributed by atoms with Gasteiger partial charge in [0, 0.05) is 39.3 Å². The van der Waals surface area contributed by atoms with Crippen LogP contribution in [0.2, 0.25) is 0 Å². The van der Waals surface area contributed by atoms with Gasteiger partial charge in [-0.2, -0.15) is 0 Å². The zero-order chi connectivity index (χ0) is 36.4. The van der Waals surface area contributed by atoms with Gasteiger partial charge < -0.3 is 13.7 Å². The Bertz CT molecular complexity index is 2870. The molecule has 4 nitrogen and oxygen atoms in total. The van der Waals surface area contributed by atoms with Crippen LogP contribution in [0.25, 0.3) is 78.7 Å². The van der Waals surface area contributed by atoms with Gasteiger partial charge >= 0.3 is 0 Å². The molecule has 2 aromatic heterocycles. The van der Waals surface area contributed by atoms with E-state index in [0.29, 0.717) is 22.5 Å². The van der Waals surface area contributed by atoms with E-state index in [1.54, 1.807) is 6.08 Å². The zero-order valence-electron chi connectivity index (χ0n) is 29.8. The molecule has 0 aliphatic rings. The van der Waals surface area contributed by atoms with E-state index in [0.717, 1.165) is 61.0 Å². The predicted octanol–water partition coefficient (Wildman–Crippen LogP) is 12.2. The molecule has 2 heterocycles. The van der Waals surface area contributed by atoms with Crippen LogP contribution in [0.15, 0.2) is 197 Å². The lowest BCUT2D eigenvalue weighted by Crippen LogP contribution is -2.29. The van der Waals surface area contributed by atoms with Crippen molar-refractivity contribution in [2.45, 2.75) is 6.92 Å². The third kappa shape index (κ3) is 6.10. The predicted molar refractivity (Wildman–Crippen MR) is 224 cm³/mol. The van der Waals surface area contributed by atoms with E-state index in [9.17, 15) is 0 Å². The minimum atomic E-state index is 0.575. The van der Waals surface area contributed by atoms with Gasteiger partial charge in [-0.3, -0.25) is 0 Å². The van der Waals surface area contributed by atoms with Gasteiger partial charge in [0.1, 0.15) is 16.5 Å². The average molecular weight is 697 g/mol. The van der Waals surface area contributed by atoms with Crippen LogP contribution in [0.5, 0.6) is 0 Å². The highest BCUT2D eigenvalue weighted by atomic mass is 16.4. The van der Waals surface area contributed by atoms with Crippen LogP contribution in [0.3, 0.4) is 0 Å². The summed E-state index contributed by atoms with van der Waals surface area (Å²) in [5.41, 5.74) is 13.8. The second kappa shape index (κ2) is 14.1. The first-order valence-electron chi connectivity index (χ1n) is 18.1. The highest BCUT2D eigenvalue weighted by molar-refractivity contribution is 5.96. The van der Waals surface area contributed by atoms with Gasteiger partial charge in [-0.1, -0.05) is 140 Å². The second-order valence-electron chi connectivity index (χ2n) is 13.2. The molecule has 258 valence electrons. The highest BCUT2D eigenvalue weighted by Gasteiger charge is 2.20. The van der Waals surface area contributed by atoms with Crippen LogP contribution >= 0.6 is 0 Å². The fourth-order valence-corrected chi connectivity index (χ4v) is 7.32. The van der Waals surface area contributed by atoms with E-state index in [4.69, 9.17) is 13.8 Å². The first kappa shape index (κ1) is 32.7. The van der Waals surface area contributed by atoms with E-state index in [2.05, 4.69) is 152 Å². The summed E-state index contributed by atoms with van der Waals surface area (Å²) in [6, 6.07) is 61.2. The normalized spacial score (nSPS) is 12.3. The number of rotatable bonds is 8. The molecule has 54 heavy (non-hydrogen) atoms. The molecule has 0 fully saturated rings. The fraction of sp³-hybridized carbons (Fsp3) is 0.0200. The van der Waals surface area contributed by atoms with E-state index < -0.39 is 0 Å². The van der Waals surface area contributed by atoms with Gasteiger partial charge in [0.05, 0.1) is 0 Å². The second-order valence-corrected chi connectivity index (χ2v) is 13.2. The minimum Gasteiger partial charge on any atom is -0.456 e. The summed E-state index contributed by atoms with van der Waals surface area (Å²) in [5.74, 6) is 0.575. The lowest BCUT2D eigenvalue weighted by molar-refractivity contribution is 0.573. The number of anilines is 2. The Labute approximate surface area is 313 Å². The van der Waals surface area contributed by atoms with Crippen LogP contribution in [0.4, 0.5) is 11.4 Å². The molecule has 0 radical (unpaired) electrons. The molecule has 0 N–H and O–H groups in total. The number of hydrogen-bond donors (Lipinski definition) is 0. The van der Waals surface area contributed by atoms with Crippen molar-refractivity contribution in [3.63, 3.8) is 0 Å². The monoisotopic (exact) mass is 696 g/mol. The standard InChI is InChI=1S/C50H36N2O2/c1-3-16-46-49(44-32-45-48(33-47(44)53-46)54-50(51-45)39-23-14-7-15-24-39)34(2)52(40-27-25-36(26-28-40)35-17-8-4-9-18-35)41-29-30-42(37-19-10-5-11-20-37)43(31-41)38-21-12-6-13-22-38/h3-33H,1H2,2H3/b46-16+,49-34+. The molecule has 9 aromatic rings. The number of fused-ring (bicyclic) bond motifs is 2. The van der Waals surface area contributed by atoms with Crippen molar-refractivity contribution in [2.24, 2.45) is 0 Å². The van der Waals surface area contributed by atoms with Crippen molar-refractivity contribution in [1.29, 1.82) is 0 Å². The van der Waals surface area contributed by atoms with Crippen LogP contribution < -0.4 is 15.5 Å². The molecule has 4 heteroatoms. The number of allylic oxidation sites excluding steroid dienone is 1. The number of aromatic nitrogens is 1. The van der Waals surface area contributed by atoms with Crippen molar-refractivity contribution in [1.82, 2.24) is 4.98 Å². The summed E-state index contributed by atoms with van der Waals surface area (Å²) in [6.07, 6.45) is 3.69. The van der Waals surface area contributed by atoms with E-state index in [-0.39, 0.29) is 0 Å². The SMILES string of the molecule is C=C/C=c1/oc2cc3oc(-c4ccccc4)nc3cc2/c1=C(/C)N(c1ccc(-c2ccccc2)cc1)c1ccc(-c2ccccc2)c(-c2ccccc2)c1. The molecule has 0 saturated carbocycles. The first-order chi connectivity index (χ1) is 26.6. The Morgan fingerprint density at radius 3 is 1.72 bits per heavy atom. The molecule has 0 aliphatic carbocycles. The van der Waals surface area contributed by atoms with Gasteiger partial charge in [0.15, 0.2) is 5.58 Å². The van der Waals surface area contributed by atoms with E-state index in [1.165, 1.54) is 11.1 Å². The van der Waals surface area contributed by atoms with Crippen LogP contribution in [0, 0.1) is 0 Å². The number of oxazole rings is 1. The van der Waals surface area contributed by atoms with Crippen molar-refractivity contribution in [3.05, 3.63) is 199 Å². The van der Waals surface area contributed by atoms with E-state index in [1.807, 2.05) is 48.5 Å². The summed E-state index contributed by atoms with van der Waals surface area (Å²) < 4.78 is 12.8. The Balaban J connectivity index is 1.30. The number of benzene rings is 7. The van der Waals surface area contributed by atoms with Crippen molar-refractivity contribution in [3.8, 4) is 44.8 Å². The quantitative estimate of drug-likeness (QED) is 0.159. The highest BCUT2D eigenvalue weighted by Crippen LogP contribution is 2.39. The van der Waals surface area contributed by atoms with Crippen molar-refractivity contribution in [2.75, 3.05) is 4.90 Å². The molecule has 9 rings (SSSR count). The molecule has 0 amide bonds. The van der Waals surface area contributed by atoms with Gasteiger partial charge in [0.2, 0.25) is 5.89 Å². The van der Waals surface area contributed by atoms with Crippen LogP contribution in [-0.2, 0) is 0 Å². The molecular weight excluding hydrogens is 661 g/mol. The maximum Gasteiger partial charge on any atom is 0.227 e. The van der Waals surface area contributed by atoms with E-state index >= 15 is 0 Å². The van der Waals surface area contributed by atoms with Crippen LogP contribution in [0.1, 0.15) is 6.92 Å². The molecule has 0 aliphatic heterocycles. The molecule has 0 spiro atoms. The molecule has 7 aromatic carbocycles. The Morgan fingerprint density at radius 2 is 1.09 bits per heavy atom. The molecule has 0 saturated heterocycles. The maximum absolute atomic E-state index is 6.59. The van der Waals surface area contributed by atoms with Gasteiger partial charge in [-0.15, -0.1) is 0 Å². The molecule has 0 bridgehead atoms. The first-order valence-corrected chi connectivity index (χ1v) is 18.1. The fourth-order valence-electron chi connectivity index (χ4n) is 7.32. The average Bonchev–Trinajstić information content (AvgIpc) is 3.82. The summed E-state index contributed by atoms with van der Waals surface area (Å²) in [6.45, 7) is 6.19. The summed E-state index contributed by atoms with van der Waals surface area (Å²) in [7, 11) is 0. The van der Waals surface area contributed by atoms with Crippen molar-refractivity contribution < 1.29 is 8.83 Å². The Hall–Kier alpha value is -7.17.